The van der Waals surface area contributed by atoms with Crippen LogP contribution in [0.4, 0.5) is 0 Å². The summed E-state index contributed by atoms with van der Waals surface area (Å²) in [4.78, 5) is 5.42. The summed E-state index contributed by atoms with van der Waals surface area (Å²) in [6.45, 7) is 0. The summed E-state index contributed by atoms with van der Waals surface area (Å²) in [6.07, 6.45) is 3.03. The minimum Gasteiger partial charge on any atom is -0.448 e. The van der Waals surface area contributed by atoms with Crippen molar-refractivity contribution in [3.05, 3.63) is 54.4 Å². The summed E-state index contributed by atoms with van der Waals surface area (Å²) >= 11 is 1.49. The van der Waals surface area contributed by atoms with Gasteiger partial charge < -0.3 is 9.62 Å². The Morgan fingerprint density at radius 1 is 1.16 bits per heavy atom. The van der Waals surface area contributed by atoms with Gasteiger partial charge in [-0.05, 0) is 36.0 Å². The van der Waals surface area contributed by atoms with E-state index in [-0.39, 0.29) is 0 Å². The SMILES string of the molecule is O/N=C/c1ccc(Sc2cccc3cccnc23)o1. The average molecular weight is 270 g/mol. The molecule has 3 aromatic rings. The number of fused-ring (bicyclic) bond motifs is 1. The van der Waals surface area contributed by atoms with Gasteiger partial charge in [0, 0.05) is 16.5 Å². The van der Waals surface area contributed by atoms with Crippen LogP contribution in [0.1, 0.15) is 5.76 Å². The predicted molar refractivity (Wildman–Crippen MR) is 74.0 cm³/mol. The molecule has 2 heterocycles. The van der Waals surface area contributed by atoms with Crippen LogP contribution in [-0.4, -0.2) is 16.4 Å². The van der Waals surface area contributed by atoms with Crippen molar-refractivity contribution >= 4 is 28.9 Å². The summed E-state index contributed by atoms with van der Waals surface area (Å²) in [7, 11) is 0. The highest BCUT2D eigenvalue weighted by Gasteiger charge is 2.07. The van der Waals surface area contributed by atoms with Gasteiger partial charge in [-0.15, -0.1) is 0 Å². The number of hydrogen-bond acceptors (Lipinski definition) is 5. The van der Waals surface area contributed by atoms with Gasteiger partial charge in [-0.25, -0.2) is 0 Å². The normalized spacial score (nSPS) is 11.4. The first-order chi connectivity index (χ1) is 9.36. The predicted octanol–water partition coefficient (Wildman–Crippen LogP) is 3.79. The van der Waals surface area contributed by atoms with Crippen LogP contribution in [0.25, 0.3) is 10.9 Å². The zero-order valence-electron chi connectivity index (χ0n) is 9.85. The molecule has 4 nitrogen and oxygen atoms in total. The third-order valence-electron chi connectivity index (χ3n) is 2.59. The fourth-order valence-corrected chi connectivity index (χ4v) is 2.69. The molecule has 0 spiro atoms. The standard InChI is InChI=1S/C14H10N2O2S/c17-16-9-11-6-7-13(18-11)19-12-5-1-3-10-4-2-8-15-14(10)12/h1-9,17H/b16-9+. The molecule has 2 aromatic heterocycles. The molecule has 1 aromatic carbocycles. The van der Waals surface area contributed by atoms with Gasteiger partial charge in [-0.2, -0.15) is 0 Å². The van der Waals surface area contributed by atoms with Crippen LogP contribution in [0.5, 0.6) is 0 Å². The fraction of sp³-hybridized carbons (Fsp3) is 0. The molecule has 94 valence electrons. The number of hydrogen-bond donors (Lipinski definition) is 1. The smallest absolute Gasteiger partial charge is 0.165 e. The van der Waals surface area contributed by atoms with Crippen molar-refractivity contribution in [1.29, 1.82) is 0 Å². The summed E-state index contributed by atoms with van der Waals surface area (Å²) in [5.41, 5.74) is 0.948. The molecule has 0 aliphatic carbocycles. The minimum absolute atomic E-state index is 0.512. The number of rotatable bonds is 3. The maximum atomic E-state index is 8.45. The van der Waals surface area contributed by atoms with Crippen molar-refractivity contribution in [3.63, 3.8) is 0 Å². The number of nitrogens with zero attached hydrogens (tertiary/aromatic N) is 2. The molecule has 0 bridgehead atoms. The van der Waals surface area contributed by atoms with Crippen LogP contribution >= 0.6 is 11.8 Å². The van der Waals surface area contributed by atoms with E-state index >= 15 is 0 Å². The quantitative estimate of drug-likeness (QED) is 0.447. The van der Waals surface area contributed by atoms with E-state index in [1.807, 2.05) is 36.4 Å². The largest absolute Gasteiger partial charge is 0.448 e. The molecule has 0 atom stereocenters. The van der Waals surface area contributed by atoms with Crippen molar-refractivity contribution in [2.75, 3.05) is 0 Å². The molecule has 0 amide bonds. The van der Waals surface area contributed by atoms with E-state index in [0.29, 0.717) is 5.76 Å². The number of aromatic nitrogens is 1. The Morgan fingerprint density at radius 2 is 2.05 bits per heavy atom. The molecule has 0 saturated carbocycles. The zero-order valence-corrected chi connectivity index (χ0v) is 10.7. The third kappa shape index (κ3) is 2.46. The van der Waals surface area contributed by atoms with E-state index in [9.17, 15) is 0 Å². The van der Waals surface area contributed by atoms with Gasteiger partial charge in [0.05, 0.1) is 5.52 Å². The monoisotopic (exact) mass is 270 g/mol. The molecule has 0 aliphatic rings. The Labute approximate surface area is 113 Å². The third-order valence-corrected chi connectivity index (χ3v) is 3.56. The first-order valence-corrected chi connectivity index (χ1v) is 6.47. The Hall–Kier alpha value is -2.27. The van der Waals surface area contributed by atoms with E-state index in [2.05, 4.69) is 10.1 Å². The van der Waals surface area contributed by atoms with Gasteiger partial charge in [-0.3, -0.25) is 4.98 Å². The molecule has 0 fully saturated rings. The molecule has 0 saturated heterocycles. The van der Waals surface area contributed by atoms with E-state index in [4.69, 9.17) is 9.62 Å². The first kappa shape index (κ1) is 11.8. The van der Waals surface area contributed by atoms with Gasteiger partial charge in [0.2, 0.25) is 0 Å². The second kappa shape index (κ2) is 5.16. The number of para-hydroxylation sites is 1. The van der Waals surface area contributed by atoms with Gasteiger partial charge in [-0.1, -0.05) is 23.4 Å². The molecule has 3 rings (SSSR count). The van der Waals surface area contributed by atoms with E-state index in [0.717, 1.165) is 20.9 Å². The average Bonchev–Trinajstić information content (AvgIpc) is 2.87. The molecule has 19 heavy (non-hydrogen) atoms. The highest BCUT2D eigenvalue weighted by atomic mass is 32.2. The first-order valence-electron chi connectivity index (χ1n) is 5.66. The van der Waals surface area contributed by atoms with Crippen molar-refractivity contribution in [2.45, 2.75) is 9.99 Å². The lowest BCUT2D eigenvalue weighted by atomic mass is 10.2. The highest BCUT2D eigenvalue weighted by Crippen LogP contribution is 2.33. The molecular formula is C14H10N2O2S. The van der Waals surface area contributed by atoms with Crippen LogP contribution in [0.2, 0.25) is 0 Å². The Morgan fingerprint density at radius 3 is 2.95 bits per heavy atom. The molecule has 0 aliphatic heterocycles. The van der Waals surface area contributed by atoms with Gasteiger partial charge >= 0.3 is 0 Å². The van der Waals surface area contributed by atoms with Crippen LogP contribution in [0.15, 0.2) is 68.2 Å². The van der Waals surface area contributed by atoms with Crippen LogP contribution in [0, 0.1) is 0 Å². The number of oxime groups is 1. The summed E-state index contributed by atoms with van der Waals surface area (Å²) in [5, 5.41) is 13.2. The van der Waals surface area contributed by atoms with Gasteiger partial charge in [0.25, 0.3) is 0 Å². The Kier molecular flexibility index (Phi) is 3.20. The van der Waals surface area contributed by atoms with Crippen molar-refractivity contribution in [1.82, 2.24) is 4.98 Å². The highest BCUT2D eigenvalue weighted by molar-refractivity contribution is 7.99. The molecule has 0 radical (unpaired) electrons. The summed E-state index contributed by atoms with van der Waals surface area (Å²) in [6, 6.07) is 13.5. The maximum absolute atomic E-state index is 8.45. The molecule has 1 N–H and O–H groups in total. The Balaban J connectivity index is 1.96. The van der Waals surface area contributed by atoms with E-state index in [1.165, 1.54) is 18.0 Å². The van der Waals surface area contributed by atoms with Crippen molar-refractivity contribution < 1.29 is 9.62 Å². The van der Waals surface area contributed by atoms with Crippen molar-refractivity contribution in [2.24, 2.45) is 5.16 Å². The van der Waals surface area contributed by atoms with Gasteiger partial charge in [0.1, 0.15) is 12.0 Å². The lowest BCUT2D eigenvalue weighted by Gasteiger charge is -2.02. The maximum Gasteiger partial charge on any atom is 0.165 e. The van der Waals surface area contributed by atoms with Crippen LogP contribution < -0.4 is 0 Å². The Bertz CT molecular complexity index is 732. The number of pyridine rings is 1. The van der Waals surface area contributed by atoms with Crippen molar-refractivity contribution in [3.8, 4) is 0 Å². The summed E-state index contributed by atoms with van der Waals surface area (Å²) < 4.78 is 5.50. The lowest BCUT2D eigenvalue weighted by molar-refractivity contribution is 0.320. The second-order valence-corrected chi connectivity index (χ2v) is 4.88. The van der Waals surface area contributed by atoms with E-state index in [1.54, 1.807) is 12.3 Å². The fourth-order valence-electron chi connectivity index (χ4n) is 1.78. The van der Waals surface area contributed by atoms with Gasteiger partial charge in [0.15, 0.2) is 5.09 Å². The van der Waals surface area contributed by atoms with Crippen LogP contribution in [0.3, 0.4) is 0 Å². The summed E-state index contributed by atoms with van der Waals surface area (Å²) in [5.74, 6) is 0.512. The molecule has 0 unspecified atom stereocenters. The zero-order chi connectivity index (χ0) is 13.1. The minimum atomic E-state index is 0.512. The topological polar surface area (TPSA) is 58.6 Å². The second-order valence-electron chi connectivity index (χ2n) is 3.83. The molecular weight excluding hydrogens is 260 g/mol. The number of furan rings is 1. The number of benzene rings is 1. The lowest BCUT2D eigenvalue weighted by Crippen LogP contribution is -1.80. The van der Waals surface area contributed by atoms with E-state index < -0.39 is 0 Å². The molecule has 5 heteroatoms. The van der Waals surface area contributed by atoms with Crippen LogP contribution in [-0.2, 0) is 0 Å².